The molecule has 0 spiro atoms. The molecule has 2 aromatic carbocycles. The molecule has 4 rings (SSSR count). The van der Waals surface area contributed by atoms with E-state index in [9.17, 15) is 9.59 Å². The number of methoxy groups -OCH3 is 1. The van der Waals surface area contributed by atoms with Gasteiger partial charge in [0.05, 0.1) is 13.7 Å². The maximum atomic E-state index is 13.0. The molecule has 2 atom stereocenters. The fourth-order valence-electron chi connectivity index (χ4n) is 4.09. The van der Waals surface area contributed by atoms with Crippen LogP contribution in [0.1, 0.15) is 18.5 Å². The summed E-state index contributed by atoms with van der Waals surface area (Å²) in [7, 11) is 1.65. The molecule has 2 heterocycles. The van der Waals surface area contributed by atoms with Crippen LogP contribution in [0.3, 0.4) is 0 Å². The second-order valence-electron chi connectivity index (χ2n) is 7.70. The maximum Gasteiger partial charge on any atom is 0.321 e. The minimum atomic E-state index is -0.998. The van der Waals surface area contributed by atoms with Crippen LogP contribution in [-0.4, -0.2) is 62.6 Å². The molecule has 0 unspecified atom stereocenters. The van der Waals surface area contributed by atoms with Crippen molar-refractivity contribution in [3.63, 3.8) is 0 Å². The minimum Gasteiger partial charge on any atom is -0.497 e. The lowest BCUT2D eigenvalue weighted by molar-refractivity contribution is -0.153. The monoisotopic (exact) mass is 436 g/mol. The molecule has 8 heteroatoms. The van der Waals surface area contributed by atoms with Gasteiger partial charge in [0.1, 0.15) is 11.8 Å². The van der Waals surface area contributed by atoms with Gasteiger partial charge in [-0.05, 0) is 36.8 Å². The van der Waals surface area contributed by atoms with Crippen molar-refractivity contribution in [2.75, 3.05) is 44.8 Å². The van der Waals surface area contributed by atoms with Crippen LogP contribution in [-0.2, 0) is 14.3 Å². The van der Waals surface area contributed by atoms with E-state index in [1.54, 1.807) is 14.0 Å². The molecule has 1 fully saturated rings. The van der Waals surface area contributed by atoms with Crippen LogP contribution in [0.25, 0.3) is 0 Å². The van der Waals surface area contributed by atoms with Crippen molar-refractivity contribution in [1.82, 2.24) is 10.2 Å². The summed E-state index contributed by atoms with van der Waals surface area (Å²) in [6.45, 7) is 4.94. The van der Waals surface area contributed by atoms with E-state index in [4.69, 9.17) is 14.5 Å². The molecular formula is C24H28N4O4. The predicted molar refractivity (Wildman–Crippen MR) is 122 cm³/mol. The third kappa shape index (κ3) is 4.54. The first-order valence-electron chi connectivity index (χ1n) is 10.8. The first kappa shape index (κ1) is 21.7. The number of piperazine rings is 1. The van der Waals surface area contributed by atoms with Gasteiger partial charge in [-0.3, -0.25) is 14.9 Å². The summed E-state index contributed by atoms with van der Waals surface area (Å²) in [6.07, 6.45) is 0. The van der Waals surface area contributed by atoms with Gasteiger partial charge in [0.2, 0.25) is 11.9 Å². The van der Waals surface area contributed by atoms with Gasteiger partial charge < -0.3 is 19.3 Å². The molecule has 2 aliphatic heterocycles. The fraction of sp³-hybridized carbons (Fsp3) is 0.375. The van der Waals surface area contributed by atoms with E-state index in [2.05, 4.69) is 15.1 Å². The summed E-state index contributed by atoms with van der Waals surface area (Å²) < 4.78 is 10.4. The first-order valence-corrected chi connectivity index (χ1v) is 10.8. The van der Waals surface area contributed by atoms with Gasteiger partial charge in [-0.2, -0.15) is 0 Å². The average Bonchev–Trinajstić information content (AvgIpc) is 2.84. The highest BCUT2D eigenvalue weighted by Gasteiger charge is 2.42. The van der Waals surface area contributed by atoms with E-state index < -0.39 is 17.9 Å². The van der Waals surface area contributed by atoms with Crippen molar-refractivity contribution in [1.29, 1.82) is 0 Å². The van der Waals surface area contributed by atoms with Gasteiger partial charge in [-0.15, -0.1) is 0 Å². The Kier molecular flexibility index (Phi) is 6.58. The number of rotatable bonds is 5. The Morgan fingerprint density at radius 1 is 1.03 bits per heavy atom. The van der Waals surface area contributed by atoms with Crippen LogP contribution in [0, 0.1) is 5.92 Å². The number of anilines is 1. The highest BCUT2D eigenvalue weighted by atomic mass is 16.5. The third-order valence-electron chi connectivity index (χ3n) is 5.79. The number of benzene rings is 2. The second-order valence-corrected chi connectivity index (χ2v) is 7.70. The van der Waals surface area contributed by atoms with Crippen molar-refractivity contribution < 1.29 is 19.1 Å². The third-order valence-corrected chi connectivity index (χ3v) is 5.79. The zero-order chi connectivity index (χ0) is 22.5. The molecule has 1 saturated heterocycles. The highest BCUT2D eigenvalue weighted by Crippen LogP contribution is 2.31. The quantitative estimate of drug-likeness (QED) is 0.572. The number of esters is 1. The molecule has 1 N–H and O–H groups in total. The van der Waals surface area contributed by atoms with Gasteiger partial charge in [0, 0.05) is 31.9 Å². The number of carbonyl (C=O) groups is 2. The molecule has 0 saturated carbocycles. The predicted octanol–water partition coefficient (Wildman–Crippen LogP) is 2.22. The summed E-state index contributed by atoms with van der Waals surface area (Å²) >= 11 is 0. The highest BCUT2D eigenvalue weighted by molar-refractivity contribution is 6.08. The molecule has 2 aromatic rings. The SMILES string of the molecule is CCOC(=O)[C@H]1C(=O)NC(N2CCN(c3ccc(OC)cc3)CC2)=N[C@H]1c1ccccc1. The normalized spacial score (nSPS) is 20.9. The Labute approximate surface area is 187 Å². The van der Waals surface area contributed by atoms with Crippen molar-refractivity contribution in [3.05, 3.63) is 60.2 Å². The lowest BCUT2D eigenvalue weighted by atomic mass is 9.91. The standard InChI is InChI=1S/C24H28N4O4/c1-3-32-23(30)20-21(17-7-5-4-6-8-17)25-24(26-22(20)29)28-15-13-27(14-16-28)18-9-11-19(31-2)12-10-18/h4-12,20-21H,3,13-16H2,1-2H3,(H,25,26,29)/t20-,21+/m1/s1. The van der Waals surface area contributed by atoms with Crippen LogP contribution >= 0.6 is 0 Å². The molecular weight excluding hydrogens is 408 g/mol. The molecule has 168 valence electrons. The van der Waals surface area contributed by atoms with Crippen molar-refractivity contribution in [2.24, 2.45) is 10.9 Å². The van der Waals surface area contributed by atoms with Gasteiger partial charge in [-0.1, -0.05) is 30.3 Å². The van der Waals surface area contributed by atoms with Crippen LogP contribution in [0.4, 0.5) is 5.69 Å². The summed E-state index contributed by atoms with van der Waals surface area (Å²) in [6, 6.07) is 16.8. The zero-order valence-corrected chi connectivity index (χ0v) is 18.4. The van der Waals surface area contributed by atoms with E-state index in [0.717, 1.165) is 30.1 Å². The largest absolute Gasteiger partial charge is 0.497 e. The number of aliphatic imine (C=N–C) groups is 1. The van der Waals surface area contributed by atoms with Gasteiger partial charge in [0.25, 0.3) is 0 Å². The van der Waals surface area contributed by atoms with E-state index in [-0.39, 0.29) is 12.5 Å². The van der Waals surface area contributed by atoms with E-state index in [0.29, 0.717) is 19.0 Å². The number of ether oxygens (including phenoxy) is 2. The number of nitrogens with zero attached hydrogens (tertiary/aromatic N) is 3. The first-order chi connectivity index (χ1) is 15.6. The van der Waals surface area contributed by atoms with E-state index in [1.807, 2.05) is 54.6 Å². The van der Waals surface area contributed by atoms with Crippen LogP contribution in [0.5, 0.6) is 5.75 Å². The van der Waals surface area contributed by atoms with Gasteiger partial charge >= 0.3 is 5.97 Å². The van der Waals surface area contributed by atoms with Crippen molar-refractivity contribution in [2.45, 2.75) is 13.0 Å². The summed E-state index contributed by atoms with van der Waals surface area (Å²) in [5.41, 5.74) is 1.94. The summed E-state index contributed by atoms with van der Waals surface area (Å²) in [5.74, 6) is -0.582. The van der Waals surface area contributed by atoms with E-state index in [1.165, 1.54) is 0 Å². The average molecular weight is 437 g/mol. The summed E-state index contributed by atoms with van der Waals surface area (Å²) in [4.78, 5) is 34.7. The Morgan fingerprint density at radius 2 is 1.69 bits per heavy atom. The number of carbonyl (C=O) groups excluding carboxylic acids is 2. The Balaban J connectivity index is 1.51. The topological polar surface area (TPSA) is 83.5 Å². The minimum absolute atomic E-state index is 0.216. The smallest absolute Gasteiger partial charge is 0.321 e. The van der Waals surface area contributed by atoms with Crippen LogP contribution < -0.4 is 15.0 Å². The Morgan fingerprint density at radius 3 is 2.31 bits per heavy atom. The molecule has 0 aliphatic carbocycles. The van der Waals surface area contributed by atoms with Crippen molar-refractivity contribution >= 4 is 23.5 Å². The Bertz CT molecular complexity index is 969. The number of hydrogen-bond donors (Lipinski definition) is 1. The summed E-state index contributed by atoms with van der Waals surface area (Å²) in [5, 5.41) is 2.85. The van der Waals surface area contributed by atoms with E-state index >= 15 is 0 Å². The molecule has 0 aromatic heterocycles. The maximum absolute atomic E-state index is 13.0. The van der Waals surface area contributed by atoms with Gasteiger partial charge in [0.15, 0.2) is 5.92 Å². The molecule has 1 amide bonds. The number of guanidine groups is 1. The van der Waals surface area contributed by atoms with Crippen LogP contribution in [0.2, 0.25) is 0 Å². The Hall–Kier alpha value is -3.55. The molecule has 0 radical (unpaired) electrons. The van der Waals surface area contributed by atoms with Crippen molar-refractivity contribution in [3.8, 4) is 5.75 Å². The van der Waals surface area contributed by atoms with Crippen LogP contribution in [0.15, 0.2) is 59.6 Å². The lowest BCUT2D eigenvalue weighted by Crippen LogP contribution is -2.57. The zero-order valence-electron chi connectivity index (χ0n) is 18.4. The molecule has 2 aliphatic rings. The fourth-order valence-corrected chi connectivity index (χ4v) is 4.09. The number of nitrogens with one attached hydrogen (secondary N) is 1. The second kappa shape index (κ2) is 9.72. The number of hydrogen-bond acceptors (Lipinski definition) is 7. The number of amides is 1. The molecule has 8 nitrogen and oxygen atoms in total. The lowest BCUT2D eigenvalue weighted by Gasteiger charge is -2.39. The molecule has 0 bridgehead atoms. The van der Waals surface area contributed by atoms with Gasteiger partial charge in [-0.25, -0.2) is 4.99 Å². The molecule has 32 heavy (non-hydrogen) atoms.